The van der Waals surface area contributed by atoms with Gasteiger partial charge in [0, 0.05) is 30.5 Å². The van der Waals surface area contributed by atoms with Crippen LogP contribution in [0.4, 0.5) is 10.5 Å². The molecule has 4 aliphatic rings. The van der Waals surface area contributed by atoms with Crippen molar-refractivity contribution in [1.82, 2.24) is 19.9 Å². The number of anilines is 1. The lowest BCUT2D eigenvalue weighted by atomic mass is 9.93. The second-order valence-corrected chi connectivity index (χ2v) is 16.3. The number of allylic oxidation sites excluding steroid dienone is 1. The van der Waals surface area contributed by atoms with Gasteiger partial charge in [0.1, 0.15) is 16.7 Å². The second-order valence-electron chi connectivity index (χ2n) is 13.5. The zero-order valence-electron chi connectivity index (χ0n) is 27.5. The Bertz CT molecular complexity index is 1740. The van der Waals surface area contributed by atoms with Crippen molar-refractivity contribution >= 4 is 50.9 Å². The first-order valence-corrected chi connectivity index (χ1v) is 19.2. The zero-order chi connectivity index (χ0) is 34.2. The van der Waals surface area contributed by atoms with E-state index in [0.29, 0.717) is 25.1 Å². The Hall–Kier alpha value is -3.78. The topological polar surface area (TPSA) is 164 Å². The van der Waals surface area contributed by atoms with E-state index >= 15 is 0 Å². The maximum Gasteiger partial charge on any atom is 0.411 e. The lowest BCUT2D eigenvalue weighted by Crippen LogP contribution is -2.54. The molecule has 0 radical (unpaired) electrons. The minimum Gasteiger partial charge on any atom is -0.446 e. The third kappa shape index (κ3) is 7.29. The summed E-state index contributed by atoms with van der Waals surface area (Å²) >= 11 is 1.49. The zero-order valence-corrected chi connectivity index (χ0v) is 29.1. The van der Waals surface area contributed by atoms with Gasteiger partial charge >= 0.3 is 6.09 Å². The number of carbonyl (C=O) groups excluding carboxylic acids is 4. The van der Waals surface area contributed by atoms with E-state index in [1.807, 2.05) is 49.6 Å². The van der Waals surface area contributed by atoms with Gasteiger partial charge in [0.15, 0.2) is 0 Å². The van der Waals surface area contributed by atoms with Crippen molar-refractivity contribution in [3.05, 3.63) is 47.0 Å². The van der Waals surface area contributed by atoms with E-state index in [1.54, 1.807) is 11.9 Å². The van der Waals surface area contributed by atoms with Gasteiger partial charge in [-0.3, -0.25) is 24.4 Å². The van der Waals surface area contributed by atoms with Gasteiger partial charge in [-0.25, -0.2) is 18.2 Å². The molecule has 0 spiro atoms. The van der Waals surface area contributed by atoms with Crippen LogP contribution in [0.5, 0.6) is 0 Å². The van der Waals surface area contributed by atoms with Gasteiger partial charge in [0.05, 0.1) is 28.5 Å². The summed E-state index contributed by atoms with van der Waals surface area (Å²) in [6.07, 6.45) is 6.94. The van der Waals surface area contributed by atoms with Gasteiger partial charge in [-0.05, 0) is 82.4 Å². The van der Waals surface area contributed by atoms with E-state index in [0.717, 1.165) is 47.5 Å². The van der Waals surface area contributed by atoms with Crippen molar-refractivity contribution < 1.29 is 32.3 Å². The minimum atomic E-state index is -3.83. The fraction of sp³-hybridized carbons (Fsp3) is 0.559. The molecule has 48 heavy (non-hydrogen) atoms. The quantitative estimate of drug-likeness (QED) is 0.361. The SMILES string of the molecule is CCc1csc(-c2ccc(C)cc2NC(=O)O[C@@H]2C[C@H]3C(=O)N[C@]4(C(=O)NS(=O)(=O)C5CC5)C[C@H]4C=CCCCCN(C)C(=O)[C@@H]3C2)n1. The van der Waals surface area contributed by atoms with E-state index in [-0.39, 0.29) is 31.1 Å². The van der Waals surface area contributed by atoms with Crippen LogP contribution in [0.15, 0.2) is 35.7 Å². The molecule has 3 fully saturated rings. The first-order valence-electron chi connectivity index (χ1n) is 16.7. The molecule has 0 bridgehead atoms. The maximum atomic E-state index is 14.0. The monoisotopic (exact) mass is 697 g/mol. The smallest absolute Gasteiger partial charge is 0.411 e. The number of amides is 4. The Morgan fingerprint density at radius 1 is 1.17 bits per heavy atom. The van der Waals surface area contributed by atoms with Crippen molar-refractivity contribution in [1.29, 1.82) is 0 Å². The van der Waals surface area contributed by atoms with Gasteiger partial charge in [-0.2, -0.15) is 0 Å². The van der Waals surface area contributed by atoms with E-state index in [4.69, 9.17) is 4.74 Å². The number of hydrogen-bond donors (Lipinski definition) is 3. The van der Waals surface area contributed by atoms with Crippen molar-refractivity contribution in [2.45, 2.75) is 88.5 Å². The molecule has 0 saturated heterocycles. The number of ether oxygens (including phenoxy) is 1. The predicted molar refractivity (Wildman–Crippen MR) is 181 cm³/mol. The fourth-order valence-electron chi connectivity index (χ4n) is 6.72. The van der Waals surface area contributed by atoms with Crippen LogP contribution in [-0.2, 0) is 35.6 Å². The highest BCUT2D eigenvalue weighted by Gasteiger charge is 2.62. The first-order chi connectivity index (χ1) is 22.9. The molecular weight excluding hydrogens is 655 g/mol. The number of rotatable bonds is 7. The molecule has 258 valence electrons. The summed E-state index contributed by atoms with van der Waals surface area (Å²) in [6, 6.07) is 5.70. The predicted octanol–water partition coefficient (Wildman–Crippen LogP) is 4.31. The number of hydrogen-bond acceptors (Lipinski definition) is 9. The molecule has 2 aromatic rings. The molecule has 2 heterocycles. The third-order valence-corrected chi connectivity index (χ3v) is 12.6. The number of benzene rings is 1. The number of sulfonamides is 1. The lowest BCUT2D eigenvalue weighted by Gasteiger charge is -2.26. The average Bonchev–Trinajstić information content (AvgIpc) is 3.92. The Morgan fingerprint density at radius 3 is 2.67 bits per heavy atom. The summed E-state index contributed by atoms with van der Waals surface area (Å²) in [7, 11) is -2.13. The minimum absolute atomic E-state index is 0.0785. The maximum absolute atomic E-state index is 14.0. The van der Waals surface area contributed by atoms with E-state index in [9.17, 15) is 27.6 Å². The lowest BCUT2D eigenvalue weighted by molar-refractivity contribution is -0.140. The number of nitrogens with zero attached hydrogens (tertiary/aromatic N) is 2. The van der Waals surface area contributed by atoms with Crippen molar-refractivity contribution in [3.8, 4) is 10.6 Å². The molecule has 0 unspecified atom stereocenters. The Kier molecular flexibility index (Phi) is 9.67. The number of aryl methyl sites for hydroxylation is 2. The van der Waals surface area contributed by atoms with Crippen LogP contribution in [0, 0.1) is 24.7 Å². The second kappa shape index (κ2) is 13.6. The van der Waals surface area contributed by atoms with Gasteiger partial charge in [0.25, 0.3) is 5.91 Å². The fourth-order valence-corrected chi connectivity index (χ4v) is 9.03. The highest BCUT2D eigenvalue weighted by molar-refractivity contribution is 7.91. The summed E-state index contributed by atoms with van der Waals surface area (Å²) in [5, 5.41) is 7.88. The normalized spacial score (nSPS) is 27.7. The molecular formula is C34H43N5O7S2. The number of carbonyl (C=O) groups is 4. The van der Waals surface area contributed by atoms with Crippen LogP contribution in [0.25, 0.3) is 10.6 Å². The average molecular weight is 698 g/mol. The molecule has 5 atom stereocenters. The van der Waals surface area contributed by atoms with Crippen LogP contribution < -0.4 is 15.4 Å². The van der Waals surface area contributed by atoms with Gasteiger partial charge < -0.3 is 15.0 Å². The van der Waals surface area contributed by atoms with Crippen LogP contribution >= 0.6 is 11.3 Å². The molecule has 1 aromatic carbocycles. The van der Waals surface area contributed by atoms with Crippen molar-refractivity contribution in [2.75, 3.05) is 18.9 Å². The molecule has 4 amide bonds. The van der Waals surface area contributed by atoms with Crippen LogP contribution in [0.1, 0.15) is 69.5 Å². The summed E-state index contributed by atoms with van der Waals surface area (Å²) in [4.78, 5) is 60.7. The van der Waals surface area contributed by atoms with E-state index in [1.165, 1.54) is 11.3 Å². The van der Waals surface area contributed by atoms with Crippen LogP contribution in [0.3, 0.4) is 0 Å². The van der Waals surface area contributed by atoms with Crippen LogP contribution in [-0.4, -0.2) is 72.6 Å². The molecule has 6 rings (SSSR count). The summed E-state index contributed by atoms with van der Waals surface area (Å²) in [5.41, 5.74) is 1.78. The third-order valence-electron chi connectivity index (χ3n) is 9.83. The largest absolute Gasteiger partial charge is 0.446 e. The summed E-state index contributed by atoms with van der Waals surface area (Å²) < 4.78 is 33.4. The van der Waals surface area contributed by atoms with Crippen molar-refractivity contribution in [2.24, 2.45) is 17.8 Å². The number of nitrogens with one attached hydrogen (secondary N) is 3. The Labute approximate surface area is 285 Å². The van der Waals surface area contributed by atoms with Gasteiger partial charge in [0.2, 0.25) is 21.8 Å². The molecule has 12 nitrogen and oxygen atoms in total. The van der Waals surface area contributed by atoms with Crippen molar-refractivity contribution in [3.63, 3.8) is 0 Å². The van der Waals surface area contributed by atoms with Crippen LogP contribution in [0.2, 0.25) is 0 Å². The van der Waals surface area contributed by atoms with E-state index in [2.05, 4.69) is 20.3 Å². The summed E-state index contributed by atoms with van der Waals surface area (Å²) in [6.45, 7) is 4.47. The Balaban J connectivity index is 1.20. The van der Waals surface area contributed by atoms with E-state index < -0.39 is 56.7 Å². The molecule has 3 N–H and O–H groups in total. The standard InChI is InChI=1S/C34H43N5O7S2/c1-4-22-19-47-30(35-22)25-13-10-20(2)15-28(25)36-33(43)46-23-16-26-27(17-23)31(41)39(3)14-8-6-5-7-9-21-18-34(21,37-29(26)40)32(42)38-48(44,45)24-11-12-24/h7,9-10,13,15,19,21,23-24,26-27H,4-6,8,11-12,14,16-18H2,1-3H3,(H,36,43)(H,37,40)(H,38,42)/t21-,23-,26-,27-,34-/m1/s1. The molecule has 1 aliphatic heterocycles. The number of fused-ring (bicyclic) bond motifs is 2. The molecule has 3 aliphatic carbocycles. The molecule has 14 heteroatoms. The number of thiazole rings is 1. The number of aromatic nitrogens is 1. The Morgan fingerprint density at radius 2 is 1.94 bits per heavy atom. The van der Waals surface area contributed by atoms with Gasteiger partial charge in [-0.15, -0.1) is 11.3 Å². The summed E-state index contributed by atoms with van der Waals surface area (Å²) in [5.74, 6) is -3.55. The highest BCUT2D eigenvalue weighted by Crippen LogP contribution is 2.47. The molecule has 1 aromatic heterocycles. The highest BCUT2D eigenvalue weighted by atomic mass is 32.2. The van der Waals surface area contributed by atoms with Gasteiger partial charge in [-0.1, -0.05) is 25.1 Å². The molecule has 3 saturated carbocycles. The first kappa shape index (κ1) is 34.1.